The molecule has 5 nitrogen and oxygen atoms in total. The Labute approximate surface area is 119 Å². The van der Waals surface area contributed by atoms with Gasteiger partial charge in [0, 0.05) is 18.6 Å². The van der Waals surface area contributed by atoms with Crippen LogP contribution in [0, 0.1) is 0 Å². The van der Waals surface area contributed by atoms with E-state index in [9.17, 15) is 0 Å². The van der Waals surface area contributed by atoms with Gasteiger partial charge in [0.1, 0.15) is 0 Å². The third-order valence-electron chi connectivity index (χ3n) is 3.17. The molecule has 108 valence electrons. The molecule has 1 heterocycles. The maximum Gasteiger partial charge on any atom is 0.240 e. The van der Waals surface area contributed by atoms with Gasteiger partial charge in [-0.3, -0.25) is 0 Å². The van der Waals surface area contributed by atoms with E-state index < -0.39 is 0 Å². The molecule has 0 saturated carbocycles. The van der Waals surface area contributed by atoms with Gasteiger partial charge in [0.2, 0.25) is 5.89 Å². The Hall–Kier alpha value is -1.72. The van der Waals surface area contributed by atoms with Crippen LogP contribution >= 0.6 is 0 Å². The third-order valence-corrected chi connectivity index (χ3v) is 3.17. The van der Waals surface area contributed by atoms with Gasteiger partial charge in [0.15, 0.2) is 5.82 Å². The maximum atomic E-state index is 8.98. The summed E-state index contributed by atoms with van der Waals surface area (Å²) in [5.41, 5.74) is 1.01. The summed E-state index contributed by atoms with van der Waals surface area (Å²) in [6.07, 6.45) is 1.35. The van der Waals surface area contributed by atoms with Crippen LogP contribution in [0.3, 0.4) is 0 Å². The molecule has 20 heavy (non-hydrogen) atoms. The predicted octanol–water partition coefficient (Wildman–Crippen LogP) is 1.91. The minimum Gasteiger partial charge on any atom is -0.396 e. The lowest BCUT2D eigenvalue weighted by Crippen LogP contribution is -2.39. The molecule has 0 fully saturated rings. The average molecular weight is 275 g/mol. The summed E-state index contributed by atoms with van der Waals surface area (Å²) >= 11 is 0. The quantitative estimate of drug-likeness (QED) is 0.807. The first kappa shape index (κ1) is 14.7. The standard InChI is InChI=1S/C15H21N3O2/c1-15(2,8-9-19)16-11-14-17-13(18-20-14)10-12-6-4-3-5-7-12/h3-7,16,19H,8-11H2,1-2H3. The summed E-state index contributed by atoms with van der Waals surface area (Å²) in [6.45, 7) is 4.73. The highest BCUT2D eigenvalue weighted by Gasteiger charge is 2.17. The van der Waals surface area contributed by atoms with E-state index in [4.69, 9.17) is 9.63 Å². The van der Waals surface area contributed by atoms with Crippen LogP contribution in [0.1, 0.15) is 37.5 Å². The van der Waals surface area contributed by atoms with Gasteiger partial charge in [-0.25, -0.2) is 0 Å². The van der Waals surface area contributed by atoms with Crippen molar-refractivity contribution >= 4 is 0 Å². The van der Waals surface area contributed by atoms with Gasteiger partial charge in [-0.15, -0.1) is 0 Å². The normalized spacial score (nSPS) is 11.8. The molecule has 0 bridgehead atoms. The van der Waals surface area contributed by atoms with E-state index >= 15 is 0 Å². The molecule has 0 aliphatic rings. The predicted molar refractivity (Wildman–Crippen MR) is 76.2 cm³/mol. The smallest absolute Gasteiger partial charge is 0.240 e. The molecular weight excluding hydrogens is 254 g/mol. The van der Waals surface area contributed by atoms with E-state index in [1.54, 1.807) is 0 Å². The Morgan fingerprint density at radius 3 is 2.70 bits per heavy atom. The molecule has 2 rings (SSSR count). The van der Waals surface area contributed by atoms with Crippen molar-refractivity contribution in [2.75, 3.05) is 6.61 Å². The minimum atomic E-state index is -0.150. The fourth-order valence-corrected chi connectivity index (χ4v) is 1.89. The molecule has 0 amide bonds. The monoisotopic (exact) mass is 275 g/mol. The van der Waals surface area contributed by atoms with Crippen LogP contribution in [0.5, 0.6) is 0 Å². The molecule has 0 aliphatic carbocycles. The van der Waals surface area contributed by atoms with Crippen molar-refractivity contribution in [3.63, 3.8) is 0 Å². The average Bonchev–Trinajstić information content (AvgIpc) is 2.85. The number of nitrogens with zero attached hydrogens (tertiary/aromatic N) is 2. The Kier molecular flexibility index (Phi) is 4.87. The highest BCUT2D eigenvalue weighted by atomic mass is 16.5. The Bertz CT molecular complexity index is 523. The van der Waals surface area contributed by atoms with E-state index in [0.717, 1.165) is 5.56 Å². The van der Waals surface area contributed by atoms with Crippen molar-refractivity contribution in [1.82, 2.24) is 15.5 Å². The van der Waals surface area contributed by atoms with E-state index in [1.165, 1.54) is 0 Å². The second-order valence-corrected chi connectivity index (χ2v) is 5.48. The largest absolute Gasteiger partial charge is 0.396 e. The van der Waals surface area contributed by atoms with Crippen molar-refractivity contribution in [3.05, 3.63) is 47.6 Å². The second-order valence-electron chi connectivity index (χ2n) is 5.48. The Morgan fingerprint density at radius 2 is 2.00 bits per heavy atom. The van der Waals surface area contributed by atoms with Crippen molar-refractivity contribution in [1.29, 1.82) is 0 Å². The lowest BCUT2D eigenvalue weighted by atomic mass is 10.0. The van der Waals surface area contributed by atoms with Crippen LogP contribution in [0.15, 0.2) is 34.9 Å². The van der Waals surface area contributed by atoms with E-state index in [1.807, 2.05) is 44.2 Å². The van der Waals surface area contributed by atoms with Crippen molar-refractivity contribution in [2.45, 2.75) is 38.8 Å². The molecule has 1 aromatic carbocycles. The van der Waals surface area contributed by atoms with Gasteiger partial charge in [-0.1, -0.05) is 35.5 Å². The van der Waals surface area contributed by atoms with E-state index in [-0.39, 0.29) is 12.1 Å². The van der Waals surface area contributed by atoms with Crippen molar-refractivity contribution in [3.8, 4) is 0 Å². The Morgan fingerprint density at radius 1 is 1.25 bits per heavy atom. The van der Waals surface area contributed by atoms with E-state index in [0.29, 0.717) is 31.1 Å². The van der Waals surface area contributed by atoms with Crippen LogP contribution in [0.4, 0.5) is 0 Å². The third kappa shape index (κ3) is 4.43. The molecule has 5 heteroatoms. The molecule has 0 aliphatic heterocycles. The first-order valence-corrected chi connectivity index (χ1v) is 6.80. The first-order valence-electron chi connectivity index (χ1n) is 6.80. The zero-order chi connectivity index (χ0) is 14.4. The van der Waals surface area contributed by atoms with Crippen LogP contribution in [-0.4, -0.2) is 27.4 Å². The molecule has 0 saturated heterocycles. The number of aliphatic hydroxyl groups excluding tert-OH is 1. The SMILES string of the molecule is CC(C)(CCO)NCc1nc(Cc2ccccc2)no1. The summed E-state index contributed by atoms with van der Waals surface area (Å²) in [5, 5.41) is 16.3. The maximum absolute atomic E-state index is 8.98. The molecule has 0 radical (unpaired) electrons. The zero-order valence-corrected chi connectivity index (χ0v) is 12.0. The van der Waals surface area contributed by atoms with Gasteiger partial charge in [0.25, 0.3) is 0 Å². The number of aromatic nitrogens is 2. The molecule has 1 aromatic heterocycles. The van der Waals surface area contributed by atoms with E-state index in [2.05, 4.69) is 15.5 Å². The summed E-state index contributed by atoms with van der Waals surface area (Å²) < 4.78 is 5.22. The molecule has 2 N–H and O–H groups in total. The fraction of sp³-hybridized carbons (Fsp3) is 0.467. The molecule has 0 atom stereocenters. The lowest BCUT2D eigenvalue weighted by molar-refractivity contribution is 0.224. The summed E-state index contributed by atoms with van der Waals surface area (Å²) in [4.78, 5) is 4.37. The number of hydrogen-bond acceptors (Lipinski definition) is 5. The van der Waals surface area contributed by atoms with Crippen LogP contribution in [0.25, 0.3) is 0 Å². The van der Waals surface area contributed by atoms with Crippen LogP contribution in [0.2, 0.25) is 0 Å². The fourth-order valence-electron chi connectivity index (χ4n) is 1.89. The molecule has 0 spiro atoms. The summed E-state index contributed by atoms with van der Waals surface area (Å²) in [7, 11) is 0. The second kappa shape index (κ2) is 6.63. The Balaban J connectivity index is 1.89. The number of rotatable bonds is 7. The summed E-state index contributed by atoms with van der Waals surface area (Å²) in [5.74, 6) is 1.26. The number of nitrogens with one attached hydrogen (secondary N) is 1. The topological polar surface area (TPSA) is 71.2 Å². The number of aliphatic hydroxyl groups is 1. The van der Waals surface area contributed by atoms with Gasteiger partial charge < -0.3 is 14.9 Å². The highest BCUT2D eigenvalue weighted by molar-refractivity contribution is 5.18. The first-order chi connectivity index (χ1) is 9.59. The lowest BCUT2D eigenvalue weighted by Gasteiger charge is -2.24. The molecule has 0 unspecified atom stereocenters. The number of hydrogen-bond donors (Lipinski definition) is 2. The van der Waals surface area contributed by atoms with Crippen molar-refractivity contribution in [2.24, 2.45) is 0 Å². The molecular formula is C15H21N3O2. The van der Waals surface area contributed by atoms with Crippen LogP contribution in [-0.2, 0) is 13.0 Å². The van der Waals surface area contributed by atoms with Crippen LogP contribution < -0.4 is 5.32 Å². The van der Waals surface area contributed by atoms with Gasteiger partial charge in [-0.05, 0) is 25.8 Å². The zero-order valence-electron chi connectivity index (χ0n) is 12.0. The number of benzene rings is 1. The van der Waals surface area contributed by atoms with Crippen molar-refractivity contribution < 1.29 is 9.63 Å². The van der Waals surface area contributed by atoms with Gasteiger partial charge >= 0.3 is 0 Å². The molecule has 2 aromatic rings. The highest BCUT2D eigenvalue weighted by Crippen LogP contribution is 2.10. The minimum absolute atomic E-state index is 0.150. The van der Waals surface area contributed by atoms with Gasteiger partial charge in [0.05, 0.1) is 6.54 Å². The van der Waals surface area contributed by atoms with Gasteiger partial charge in [-0.2, -0.15) is 4.98 Å². The summed E-state index contributed by atoms with van der Waals surface area (Å²) in [6, 6.07) is 10.1.